The van der Waals surface area contributed by atoms with Crippen molar-refractivity contribution in [3.8, 4) is 0 Å². The normalized spacial score (nSPS) is 26.3. The van der Waals surface area contributed by atoms with E-state index in [1.165, 1.54) is 5.57 Å². The highest BCUT2D eigenvalue weighted by molar-refractivity contribution is 5.21. The van der Waals surface area contributed by atoms with Gasteiger partial charge in [-0.1, -0.05) is 12.2 Å². The van der Waals surface area contributed by atoms with Gasteiger partial charge in [0.1, 0.15) is 0 Å². The third kappa shape index (κ3) is 1.35. The fourth-order valence-corrected chi connectivity index (χ4v) is 0.909. The maximum Gasteiger partial charge on any atom is 0.0439 e. The van der Waals surface area contributed by atoms with E-state index in [1.807, 2.05) is 0 Å². The smallest absolute Gasteiger partial charge is 0.0439 e. The molecule has 0 saturated heterocycles. The van der Waals surface area contributed by atoms with Gasteiger partial charge in [-0.05, 0) is 19.4 Å². The summed E-state index contributed by atoms with van der Waals surface area (Å²) in [6.45, 7) is 4.29. The second-order valence-corrected chi connectivity index (χ2v) is 2.64. The molecule has 1 atom stereocenters. The van der Waals surface area contributed by atoms with E-state index >= 15 is 0 Å². The van der Waals surface area contributed by atoms with Gasteiger partial charge >= 0.3 is 0 Å². The Morgan fingerprint density at radius 1 is 1.56 bits per heavy atom. The van der Waals surface area contributed by atoms with Gasteiger partial charge in [-0.25, -0.2) is 0 Å². The van der Waals surface area contributed by atoms with Crippen LogP contribution in [-0.4, -0.2) is 18.0 Å². The summed E-state index contributed by atoms with van der Waals surface area (Å²) >= 11 is 0. The largest absolute Gasteiger partial charge is 0.374 e. The van der Waals surface area contributed by atoms with Crippen molar-refractivity contribution in [1.29, 1.82) is 0 Å². The minimum atomic E-state index is 0.564. The topological polar surface area (TPSA) is 3.24 Å². The molecule has 1 unspecified atom stereocenters. The Balaban J connectivity index is 2.70. The molecule has 0 aromatic carbocycles. The minimum Gasteiger partial charge on any atom is -0.374 e. The van der Waals surface area contributed by atoms with Crippen LogP contribution in [0.15, 0.2) is 23.9 Å². The van der Waals surface area contributed by atoms with Crippen molar-refractivity contribution in [1.82, 2.24) is 4.90 Å². The summed E-state index contributed by atoms with van der Waals surface area (Å²) in [5, 5.41) is 0. The molecule has 0 bridgehead atoms. The third-order valence-electron chi connectivity index (χ3n) is 1.69. The van der Waals surface area contributed by atoms with Crippen LogP contribution < -0.4 is 0 Å². The zero-order chi connectivity index (χ0) is 6.85. The van der Waals surface area contributed by atoms with Crippen molar-refractivity contribution in [2.24, 2.45) is 0 Å². The molecule has 0 N–H and O–H groups in total. The maximum absolute atomic E-state index is 2.20. The van der Waals surface area contributed by atoms with Crippen molar-refractivity contribution in [3.63, 3.8) is 0 Å². The Morgan fingerprint density at radius 3 is 2.67 bits per heavy atom. The van der Waals surface area contributed by atoms with Crippen molar-refractivity contribution in [3.05, 3.63) is 23.9 Å². The van der Waals surface area contributed by atoms with Crippen molar-refractivity contribution < 1.29 is 0 Å². The molecular formula is C8H13N. The van der Waals surface area contributed by atoms with E-state index in [2.05, 4.69) is 44.1 Å². The molecule has 0 fully saturated rings. The maximum atomic E-state index is 2.20. The van der Waals surface area contributed by atoms with Crippen molar-refractivity contribution >= 4 is 0 Å². The Hall–Kier alpha value is -0.720. The fraction of sp³-hybridized carbons (Fsp3) is 0.500. The lowest BCUT2D eigenvalue weighted by Crippen LogP contribution is -2.23. The van der Waals surface area contributed by atoms with Crippen LogP contribution in [-0.2, 0) is 0 Å². The number of allylic oxidation sites excluding steroid dienone is 2. The van der Waals surface area contributed by atoms with Crippen molar-refractivity contribution in [2.75, 3.05) is 7.05 Å². The highest BCUT2D eigenvalue weighted by Crippen LogP contribution is 2.09. The molecule has 1 aliphatic heterocycles. The van der Waals surface area contributed by atoms with Crippen LogP contribution >= 0.6 is 0 Å². The van der Waals surface area contributed by atoms with E-state index in [4.69, 9.17) is 0 Å². The highest BCUT2D eigenvalue weighted by atomic mass is 15.1. The van der Waals surface area contributed by atoms with Crippen LogP contribution in [0.3, 0.4) is 0 Å². The molecule has 0 spiro atoms. The monoisotopic (exact) mass is 123 g/mol. The molecular weight excluding hydrogens is 110 g/mol. The summed E-state index contributed by atoms with van der Waals surface area (Å²) in [6.07, 6.45) is 6.52. The SMILES string of the molecule is CC1=CN(C)C(C)C=C1. The van der Waals surface area contributed by atoms with Gasteiger partial charge in [0.2, 0.25) is 0 Å². The second-order valence-electron chi connectivity index (χ2n) is 2.64. The molecule has 9 heavy (non-hydrogen) atoms. The fourth-order valence-electron chi connectivity index (χ4n) is 0.909. The first kappa shape index (κ1) is 6.40. The van der Waals surface area contributed by atoms with Gasteiger partial charge in [0.15, 0.2) is 0 Å². The zero-order valence-corrected chi connectivity index (χ0v) is 6.26. The Morgan fingerprint density at radius 2 is 2.22 bits per heavy atom. The molecule has 0 saturated carbocycles. The first-order valence-corrected chi connectivity index (χ1v) is 3.28. The van der Waals surface area contributed by atoms with E-state index in [1.54, 1.807) is 0 Å². The van der Waals surface area contributed by atoms with E-state index in [-0.39, 0.29) is 0 Å². The molecule has 0 aromatic rings. The zero-order valence-electron chi connectivity index (χ0n) is 6.26. The van der Waals surface area contributed by atoms with Crippen LogP contribution in [0.25, 0.3) is 0 Å². The van der Waals surface area contributed by atoms with Gasteiger partial charge < -0.3 is 4.90 Å². The summed E-state index contributed by atoms with van der Waals surface area (Å²) in [5.74, 6) is 0. The van der Waals surface area contributed by atoms with Gasteiger partial charge in [0.05, 0.1) is 0 Å². The number of hydrogen-bond acceptors (Lipinski definition) is 1. The number of hydrogen-bond donors (Lipinski definition) is 0. The third-order valence-corrected chi connectivity index (χ3v) is 1.69. The first-order valence-electron chi connectivity index (χ1n) is 3.28. The standard InChI is InChI=1S/C8H13N/c1-7-4-5-8(2)9(3)6-7/h4-6,8H,1-3H3. The van der Waals surface area contributed by atoms with Crippen molar-refractivity contribution in [2.45, 2.75) is 19.9 Å². The van der Waals surface area contributed by atoms with Crippen LogP contribution in [0.5, 0.6) is 0 Å². The lowest BCUT2D eigenvalue weighted by atomic mass is 10.1. The molecule has 0 amide bonds. The van der Waals surface area contributed by atoms with Crippen LogP contribution in [0.2, 0.25) is 0 Å². The summed E-state index contributed by atoms with van der Waals surface area (Å²) in [4.78, 5) is 2.20. The van der Waals surface area contributed by atoms with Gasteiger partial charge in [-0.15, -0.1) is 0 Å². The Bertz CT molecular complexity index is 156. The van der Waals surface area contributed by atoms with Crippen LogP contribution in [0.4, 0.5) is 0 Å². The number of nitrogens with zero attached hydrogens (tertiary/aromatic N) is 1. The van der Waals surface area contributed by atoms with Gasteiger partial charge in [0.25, 0.3) is 0 Å². The number of rotatable bonds is 0. The molecule has 1 nitrogen and oxygen atoms in total. The average molecular weight is 123 g/mol. The summed E-state index contributed by atoms with van der Waals surface area (Å²) in [5.41, 5.74) is 1.33. The lowest BCUT2D eigenvalue weighted by Gasteiger charge is -2.23. The Kier molecular flexibility index (Phi) is 1.60. The van der Waals surface area contributed by atoms with Gasteiger partial charge in [-0.3, -0.25) is 0 Å². The second kappa shape index (κ2) is 2.26. The number of likely N-dealkylation sites (N-methyl/N-ethyl adjacent to an activating group) is 1. The molecule has 1 heteroatoms. The summed E-state index contributed by atoms with van der Waals surface area (Å²) < 4.78 is 0. The summed E-state index contributed by atoms with van der Waals surface area (Å²) in [7, 11) is 2.09. The van der Waals surface area contributed by atoms with Crippen LogP contribution in [0.1, 0.15) is 13.8 Å². The molecule has 0 radical (unpaired) electrons. The first-order chi connectivity index (χ1) is 4.20. The molecule has 1 rings (SSSR count). The molecule has 0 aliphatic carbocycles. The Labute approximate surface area is 56.7 Å². The summed E-state index contributed by atoms with van der Waals surface area (Å²) in [6, 6.07) is 0.564. The molecule has 50 valence electrons. The molecule has 1 heterocycles. The predicted octanol–water partition coefficient (Wildman–Crippen LogP) is 1.78. The van der Waals surface area contributed by atoms with Crippen LogP contribution in [0, 0.1) is 0 Å². The van der Waals surface area contributed by atoms with E-state index in [9.17, 15) is 0 Å². The average Bonchev–Trinajstić information content (AvgIpc) is 1.80. The molecule has 1 aliphatic rings. The highest BCUT2D eigenvalue weighted by Gasteiger charge is 2.04. The van der Waals surface area contributed by atoms with Gasteiger partial charge in [0, 0.05) is 19.3 Å². The van der Waals surface area contributed by atoms with E-state index in [0.717, 1.165) is 0 Å². The van der Waals surface area contributed by atoms with Gasteiger partial charge in [-0.2, -0.15) is 0 Å². The minimum absolute atomic E-state index is 0.564. The van der Waals surface area contributed by atoms with E-state index in [0.29, 0.717) is 6.04 Å². The predicted molar refractivity (Wildman–Crippen MR) is 40.1 cm³/mol. The lowest BCUT2D eigenvalue weighted by molar-refractivity contribution is 0.400. The quantitative estimate of drug-likeness (QED) is 0.474. The van der Waals surface area contributed by atoms with E-state index < -0.39 is 0 Å². The molecule has 0 aromatic heterocycles.